The summed E-state index contributed by atoms with van der Waals surface area (Å²) >= 11 is 0. The minimum absolute atomic E-state index is 0.530. The predicted octanol–water partition coefficient (Wildman–Crippen LogP) is 2.42. The molecule has 1 nitrogen and oxygen atoms in total. The van der Waals surface area contributed by atoms with Crippen LogP contribution >= 0.6 is 0 Å². The predicted molar refractivity (Wildman–Crippen MR) is 52.1 cm³/mol. The third-order valence-electron chi connectivity index (χ3n) is 4.56. The standard InChI is InChI=1S/C11H21N/c1-10(2)8-5-6-11(3,7-8)9(10)12-4/h8-9,12H,5-7H2,1-4H3/t8-,9-,11+/m1/s1. The number of nitrogens with one attached hydrogen (secondary N) is 1. The van der Waals surface area contributed by atoms with E-state index in [2.05, 4.69) is 33.1 Å². The smallest absolute Gasteiger partial charge is 0.0172 e. The molecule has 2 rings (SSSR count). The van der Waals surface area contributed by atoms with Gasteiger partial charge < -0.3 is 5.32 Å². The van der Waals surface area contributed by atoms with Crippen LogP contribution in [0.5, 0.6) is 0 Å². The molecule has 12 heavy (non-hydrogen) atoms. The maximum atomic E-state index is 3.53. The zero-order valence-electron chi connectivity index (χ0n) is 8.78. The first kappa shape index (κ1) is 8.55. The van der Waals surface area contributed by atoms with Crippen molar-refractivity contribution in [1.29, 1.82) is 0 Å². The fraction of sp³-hybridized carbons (Fsp3) is 1.00. The SMILES string of the molecule is CN[C@@H]1C(C)(C)[C@@H]2CC[C@@]1(C)C2. The normalized spacial score (nSPS) is 50.0. The summed E-state index contributed by atoms with van der Waals surface area (Å²) < 4.78 is 0. The molecule has 0 saturated heterocycles. The maximum absolute atomic E-state index is 3.53. The Hall–Kier alpha value is -0.0400. The third kappa shape index (κ3) is 0.834. The van der Waals surface area contributed by atoms with E-state index >= 15 is 0 Å². The lowest BCUT2D eigenvalue weighted by molar-refractivity contribution is 0.116. The molecule has 2 bridgehead atoms. The molecule has 1 heteroatoms. The van der Waals surface area contributed by atoms with Crippen molar-refractivity contribution in [2.45, 2.75) is 46.1 Å². The van der Waals surface area contributed by atoms with Gasteiger partial charge in [0.05, 0.1) is 0 Å². The highest BCUT2D eigenvalue weighted by molar-refractivity contribution is 5.11. The highest BCUT2D eigenvalue weighted by atomic mass is 15.0. The summed E-state index contributed by atoms with van der Waals surface area (Å²) in [5.74, 6) is 0.972. The Morgan fingerprint density at radius 2 is 1.92 bits per heavy atom. The monoisotopic (exact) mass is 167 g/mol. The molecule has 0 aromatic carbocycles. The lowest BCUT2D eigenvalue weighted by Crippen LogP contribution is -2.48. The first-order chi connectivity index (χ1) is 5.50. The first-order valence-corrected chi connectivity index (χ1v) is 5.18. The number of hydrogen-bond donors (Lipinski definition) is 1. The van der Waals surface area contributed by atoms with Crippen LogP contribution in [-0.4, -0.2) is 13.1 Å². The summed E-state index contributed by atoms with van der Waals surface area (Å²) in [7, 11) is 2.12. The third-order valence-corrected chi connectivity index (χ3v) is 4.56. The van der Waals surface area contributed by atoms with Crippen molar-refractivity contribution in [3.63, 3.8) is 0 Å². The molecule has 2 aliphatic carbocycles. The molecule has 0 aromatic heterocycles. The van der Waals surface area contributed by atoms with Crippen molar-refractivity contribution in [3.05, 3.63) is 0 Å². The van der Waals surface area contributed by atoms with Gasteiger partial charge in [-0.2, -0.15) is 0 Å². The number of hydrogen-bond acceptors (Lipinski definition) is 1. The van der Waals surface area contributed by atoms with Gasteiger partial charge in [0.1, 0.15) is 0 Å². The fourth-order valence-corrected chi connectivity index (χ4v) is 4.02. The second kappa shape index (κ2) is 2.25. The highest BCUT2D eigenvalue weighted by Gasteiger charge is 2.58. The van der Waals surface area contributed by atoms with Gasteiger partial charge in [-0.15, -0.1) is 0 Å². The highest BCUT2D eigenvalue weighted by Crippen LogP contribution is 2.62. The van der Waals surface area contributed by atoms with Crippen molar-refractivity contribution < 1.29 is 0 Å². The summed E-state index contributed by atoms with van der Waals surface area (Å²) in [5, 5.41) is 3.53. The average Bonchev–Trinajstić information content (AvgIpc) is 2.39. The van der Waals surface area contributed by atoms with Gasteiger partial charge in [0.25, 0.3) is 0 Å². The molecule has 0 unspecified atom stereocenters. The lowest BCUT2D eigenvalue weighted by atomic mass is 9.68. The zero-order chi connectivity index (χ0) is 8.98. The molecule has 70 valence electrons. The zero-order valence-corrected chi connectivity index (χ0v) is 8.78. The maximum Gasteiger partial charge on any atom is 0.0172 e. The van der Waals surface area contributed by atoms with E-state index in [-0.39, 0.29) is 0 Å². The molecule has 2 fully saturated rings. The van der Waals surface area contributed by atoms with E-state index in [1.807, 2.05) is 0 Å². The van der Waals surface area contributed by atoms with E-state index in [1.165, 1.54) is 19.3 Å². The Labute approximate surface area is 75.9 Å². The van der Waals surface area contributed by atoms with Crippen molar-refractivity contribution in [1.82, 2.24) is 5.32 Å². The second-order valence-corrected chi connectivity index (χ2v) is 5.64. The van der Waals surface area contributed by atoms with E-state index in [0.29, 0.717) is 10.8 Å². The molecule has 1 N–H and O–H groups in total. The van der Waals surface area contributed by atoms with Crippen LogP contribution in [0.4, 0.5) is 0 Å². The molecular weight excluding hydrogens is 146 g/mol. The van der Waals surface area contributed by atoms with Gasteiger partial charge in [-0.3, -0.25) is 0 Å². The lowest BCUT2D eigenvalue weighted by Gasteiger charge is -2.42. The van der Waals surface area contributed by atoms with Gasteiger partial charge in [0.2, 0.25) is 0 Å². The van der Waals surface area contributed by atoms with Gasteiger partial charge in [-0.05, 0) is 43.1 Å². The molecule has 3 atom stereocenters. The van der Waals surface area contributed by atoms with Crippen molar-refractivity contribution in [3.8, 4) is 0 Å². The van der Waals surface area contributed by atoms with Crippen LogP contribution < -0.4 is 5.32 Å². The van der Waals surface area contributed by atoms with Crippen LogP contribution in [0, 0.1) is 16.7 Å². The van der Waals surface area contributed by atoms with Crippen LogP contribution in [-0.2, 0) is 0 Å². The van der Waals surface area contributed by atoms with E-state index in [9.17, 15) is 0 Å². The largest absolute Gasteiger partial charge is 0.316 e. The van der Waals surface area contributed by atoms with Gasteiger partial charge in [-0.25, -0.2) is 0 Å². The summed E-state index contributed by atoms with van der Waals surface area (Å²) in [6, 6.07) is 0.740. The summed E-state index contributed by atoms with van der Waals surface area (Å²) in [5.41, 5.74) is 1.13. The van der Waals surface area contributed by atoms with E-state index < -0.39 is 0 Å². The van der Waals surface area contributed by atoms with Gasteiger partial charge in [0, 0.05) is 6.04 Å². The summed E-state index contributed by atoms with van der Waals surface area (Å²) in [6.07, 6.45) is 4.35. The summed E-state index contributed by atoms with van der Waals surface area (Å²) in [4.78, 5) is 0. The van der Waals surface area contributed by atoms with E-state index in [1.54, 1.807) is 0 Å². The minimum Gasteiger partial charge on any atom is -0.316 e. The molecule has 0 spiro atoms. The molecule has 0 radical (unpaired) electrons. The molecule has 0 aliphatic heterocycles. The molecule has 2 saturated carbocycles. The van der Waals surface area contributed by atoms with Crippen LogP contribution in [0.3, 0.4) is 0 Å². The van der Waals surface area contributed by atoms with Crippen molar-refractivity contribution in [2.75, 3.05) is 7.05 Å². The van der Waals surface area contributed by atoms with Crippen LogP contribution in [0.2, 0.25) is 0 Å². The van der Waals surface area contributed by atoms with Gasteiger partial charge in [-0.1, -0.05) is 20.8 Å². The quantitative estimate of drug-likeness (QED) is 0.632. The Bertz CT molecular complexity index is 192. The number of fused-ring (bicyclic) bond motifs is 2. The topological polar surface area (TPSA) is 12.0 Å². The first-order valence-electron chi connectivity index (χ1n) is 5.18. The van der Waals surface area contributed by atoms with Crippen LogP contribution in [0.1, 0.15) is 40.0 Å². The molecule has 0 aromatic rings. The van der Waals surface area contributed by atoms with E-state index in [4.69, 9.17) is 0 Å². The Balaban J connectivity index is 2.31. The Morgan fingerprint density at radius 1 is 1.25 bits per heavy atom. The van der Waals surface area contributed by atoms with Crippen molar-refractivity contribution >= 4 is 0 Å². The summed E-state index contributed by atoms with van der Waals surface area (Å²) in [6.45, 7) is 7.33. The average molecular weight is 167 g/mol. The van der Waals surface area contributed by atoms with Gasteiger partial charge in [0.15, 0.2) is 0 Å². The Kier molecular flexibility index (Phi) is 1.61. The molecule has 0 amide bonds. The second-order valence-electron chi connectivity index (χ2n) is 5.64. The minimum atomic E-state index is 0.530. The van der Waals surface area contributed by atoms with Crippen LogP contribution in [0.15, 0.2) is 0 Å². The van der Waals surface area contributed by atoms with E-state index in [0.717, 1.165) is 12.0 Å². The Morgan fingerprint density at radius 3 is 2.25 bits per heavy atom. The molecule has 0 heterocycles. The van der Waals surface area contributed by atoms with Crippen molar-refractivity contribution in [2.24, 2.45) is 16.7 Å². The number of rotatable bonds is 1. The fourth-order valence-electron chi connectivity index (χ4n) is 4.02. The molecule has 2 aliphatic rings. The molecular formula is C11H21N. The van der Waals surface area contributed by atoms with Gasteiger partial charge >= 0.3 is 0 Å². The van der Waals surface area contributed by atoms with Crippen LogP contribution in [0.25, 0.3) is 0 Å².